The predicted molar refractivity (Wildman–Crippen MR) is 64.9 cm³/mol. The van der Waals surface area contributed by atoms with E-state index in [1.54, 1.807) is 0 Å². The topological polar surface area (TPSA) is 115 Å². The Hall–Kier alpha value is -2.77. The number of carboxylic acids is 1. The number of nitrogens with zero attached hydrogens (tertiary/aromatic N) is 3. The molecular formula is C11H9N3O5. The van der Waals surface area contributed by atoms with Crippen LogP contribution < -0.4 is 5.56 Å². The minimum absolute atomic E-state index is 0.0280. The van der Waals surface area contributed by atoms with Gasteiger partial charge in [0, 0.05) is 18.7 Å². The average molecular weight is 263 g/mol. The number of rotatable bonds is 4. The van der Waals surface area contributed by atoms with Crippen molar-refractivity contribution >= 4 is 22.6 Å². The number of hydrogen-bond acceptors (Lipinski definition) is 5. The summed E-state index contributed by atoms with van der Waals surface area (Å²) < 4.78 is 1.13. The van der Waals surface area contributed by atoms with Crippen molar-refractivity contribution in [3.8, 4) is 0 Å². The lowest BCUT2D eigenvalue weighted by Gasteiger charge is -2.04. The van der Waals surface area contributed by atoms with Crippen molar-refractivity contribution < 1.29 is 14.8 Å². The molecule has 19 heavy (non-hydrogen) atoms. The molecule has 0 atom stereocenters. The number of nitro groups is 1. The van der Waals surface area contributed by atoms with Crippen molar-refractivity contribution in [2.45, 2.75) is 13.0 Å². The third-order valence-electron chi connectivity index (χ3n) is 2.59. The third-order valence-corrected chi connectivity index (χ3v) is 2.59. The van der Waals surface area contributed by atoms with E-state index >= 15 is 0 Å². The largest absolute Gasteiger partial charge is 0.481 e. The Bertz CT molecular complexity index is 722. The van der Waals surface area contributed by atoms with Gasteiger partial charge in [-0.2, -0.15) is 0 Å². The normalized spacial score (nSPS) is 10.5. The van der Waals surface area contributed by atoms with Gasteiger partial charge in [-0.15, -0.1) is 0 Å². The number of aliphatic carboxylic acids is 1. The quantitative estimate of drug-likeness (QED) is 0.643. The van der Waals surface area contributed by atoms with E-state index in [2.05, 4.69) is 4.98 Å². The smallest absolute Gasteiger partial charge is 0.305 e. The van der Waals surface area contributed by atoms with Gasteiger partial charge >= 0.3 is 5.97 Å². The number of hydrogen-bond donors (Lipinski definition) is 1. The molecule has 1 aromatic heterocycles. The van der Waals surface area contributed by atoms with Gasteiger partial charge in [0.25, 0.3) is 11.2 Å². The van der Waals surface area contributed by atoms with Crippen LogP contribution in [-0.4, -0.2) is 25.6 Å². The molecule has 0 saturated heterocycles. The van der Waals surface area contributed by atoms with Crippen LogP contribution in [-0.2, 0) is 11.3 Å². The fourth-order valence-corrected chi connectivity index (χ4v) is 1.64. The van der Waals surface area contributed by atoms with E-state index in [0.717, 1.165) is 10.6 Å². The second kappa shape index (κ2) is 4.84. The molecule has 0 radical (unpaired) electrons. The maximum Gasteiger partial charge on any atom is 0.305 e. The number of aryl methyl sites for hydroxylation is 1. The van der Waals surface area contributed by atoms with Crippen LogP contribution in [0, 0.1) is 10.1 Å². The molecule has 0 unspecified atom stereocenters. The van der Waals surface area contributed by atoms with Gasteiger partial charge in [-0.05, 0) is 6.07 Å². The van der Waals surface area contributed by atoms with E-state index in [9.17, 15) is 19.7 Å². The Morgan fingerprint density at radius 1 is 1.47 bits per heavy atom. The summed E-state index contributed by atoms with van der Waals surface area (Å²) in [7, 11) is 0. The number of carboxylic acid groups (broad SMARTS) is 1. The van der Waals surface area contributed by atoms with E-state index < -0.39 is 16.5 Å². The van der Waals surface area contributed by atoms with E-state index in [1.807, 2.05) is 0 Å². The SMILES string of the molecule is O=C(O)CCn1cnc2ccc([N+](=O)[O-])cc2c1=O. The first-order chi connectivity index (χ1) is 8.99. The van der Waals surface area contributed by atoms with Crippen molar-refractivity contribution in [3.63, 3.8) is 0 Å². The minimum Gasteiger partial charge on any atom is -0.481 e. The Balaban J connectivity index is 2.52. The van der Waals surface area contributed by atoms with Crippen molar-refractivity contribution in [2.75, 3.05) is 0 Å². The van der Waals surface area contributed by atoms with Crippen LogP contribution in [0.4, 0.5) is 5.69 Å². The highest BCUT2D eigenvalue weighted by Crippen LogP contribution is 2.16. The molecule has 98 valence electrons. The number of aromatic nitrogens is 2. The summed E-state index contributed by atoms with van der Waals surface area (Å²) in [5.74, 6) is -1.04. The zero-order valence-corrected chi connectivity index (χ0v) is 9.65. The fraction of sp³-hybridized carbons (Fsp3) is 0.182. The second-order valence-electron chi connectivity index (χ2n) is 3.85. The summed E-state index contributed by atoms with van der Waals surface area (Å²) in [6.07, 6.45) is 1.02. The highest BCUT2D eigenvalue weighted by Gasteiger charge is 2.11. The lowest BCUT2D eigenvalue weighted by molar-refractivity contribution is -0.384. The van der Waals surface area contributed by atoms with Gasteiger partial charge in [0.05, 0.1) is 28.6 Å². The molecule has 0 aliphatic carbocycles. The number of benzene rings is 1. The number of fused-ring (bicyclic) bond motifs is 1. The van der Waals surface area contributed by atoms with Crippen LogP contribution in [0.15, 0.2) is 29.3 Å². The lowest BCUT2D eigenvalue weighted by atomic mass is 10.2. The van der Waals surface area contributed by atoms with Gasteiger partial charge in [0.15, 0.2) is 0 Å². The Morgan fingerprint density at radius 2 is 2.21 bits per heavy atom. The molecular weight excluding hydrogens is 254 g/mol. The van der Waals surface area contributed by atoms with Gasteiger partial charge in [-0.1, -0.05) is 0 Å². The van der Waals surface area contributed by atoms with E-state index in [4.69, 9.17) is 5.11 Å². The molecule has 0 saturated carbocycles. The van der Waals surface area contributed by atoms with Crippen molar-refractivity contribution in [1.82, 2.24) is 9.55 Å². The fourth-order valence-electron chi connectivity index (χ4n) is 1.64. The monoisotopic (exact) mass is 263 g/mol. The molecule has 0 amide bonds. The highest BCUT2D eigenvalue weighted by atomic mass is 16.6. The first-order valence-electron chi connectivity index (χ1n) is 5.34. The zero-order valence-electron chi connectivity index (χ0n) is 9.65. The molecule has 0 aliphatic rings. The molecule has 1 aromatic carbocycles. The van der Waals surface area contributed by atoms with Gasteiger partial charge in [0.1, 0.15) is 0 Å². The molecule has 0 aliphatic heterocycles. The van der Waals surface area contributed by atoms with E-state index in [-0.39, 0.29) is 24.0 Å². The number of non-ortho nitro benzene ring substituents is 1. The molecule has 1 heterocycles. The molecule has 0 bridgehead atoms. The summed E-state index contributed by atoms with van der Waals surface area (Å²) in [5, 5.41) is 19.3. The zero-order chi connectivity index (χ0) is 14.0. The summed E-state index contributed by atoms with van der Waals surface area (Å²) in [6, 6.07) is 3.79. The van der Waals surface area contributed by atoms with Crippen LogP contribution in [0.1, 0.15) is 6.42 Å². The molecule has 0 spiro atoms. The van der Waals surface area contributed by atoms with Gasteiger partial charge in [-0.3, -0.25) is 24.3 Å². The maximum atomic E-state index is 12.0. The second-order valence-corrected chi connectivity index (χ2v) is 3.85. The Morgan fingerprint density at radius 3 is 2.84 bits per heavy atom. The van der Waals surface area contributed by atoms with Crippen molar-refractivity contribution in [3.05, 3.63) is 45.0 Å². The van der Waals surface area contributed by atoms with Gasteiger partial charge < -0.3 is 5.11 Å². The van der Waals surface area contributed by atoms with E-state index in [1.165, 1.54) is 18.5 Å². The molecule has 1 N–H and O–H groups in total. The molecule has 8 nitrogen and oxygen atoms in total. The summed E-state index contributed by atoms with van der Waals surface area (Å²) >= 11 is 0. The first-order valence-corrected chi connectivity index (χ1v) is 5.34. The van der Waals surface area contributed by atoms with Crippen LogP contribution in [0.5, 0.6) is 0 Å². The predicted octanol–water partition coefficient (Wildman–Crippen LogP) is 0.779. The van der Waals surface area contributed by atoms with Crippen LogP contribution >= 0.6 is 0 Å². The average Bonchev–Trinajstić information content (AvgIpc) is 2.37. The number of nitro benzene ring substituents is 1. The summed E-state index contributed by atoms with van der Waals surface area (Å²) in [5.41, 5.74) is -0.362. The Kier molecular flexibility index (Phi) is 3.23. The molecule has 2 rings (SSSR count). The Labute approximate surface area is 106 Å². The summed E-state index contributed by atoms with van der Waals surface area (Å²) in [6.45, 7) is -0.0280. The van der Waals surface area contributed by atoms with Crippen LogP contribution in [0.25, 0.3) is 10.9 Å². The van der Waals surface area contributed by atoms with Crippen LogP contribution in [0.2, 0.25) is 0 Å². The van der Waals surface area contributed by atoms with Crippen molar-refractivity contribution in [1.29, 1.82) is 0 Å². The van der Waals surface area contributed by atoms with Gasteiger partial charge in [0.2, 0.25) is 0 Å². The number of carbonyl (C=O) groups is 1. The molecule has 2 aromatic rings. The standard InChI is InChI=1S/C11H9N3O5/c15-10(16)3-4-13-6-12-9-2-1-7(14(18)19)5-8(9)11(13)17/h1-2,5-6H,3-4H2,(H,15,16). The lowest BCUT2D eigenvalue weighted by Crippen LogP contribution is -2.22. The molecule has 0 fully saturated rings. The first kappa shape index (κ1) is 12.7. The van der Waals surface area contributed by atoms with Crippen LogP contribution in [0.3, 0.4) is 0 Å². The minimum atomic E-state index is -1.04. The van der Waals surface area contributed by atoms with Gasteiger partial charge in [-0.25, -0.2) is 4.98 Å². The maximum absolute atomic E-state index is 12.0. The molecule has 8 heteroatoms. The van der Waals surface area contributed by atoms with E-state index in [0.29, 0.717) is 5.52 Å². The summed E-state index contributed by atoms with van der Waals surface area (Å²) in [4.78, 5) is 36.5. The third kappa shape index (κ3) is 2.57. The highest BCUT2D eigenvalue weighted by molar-refractivity contribution is 5.79. The van der Waals surface area contributed by atoms with Crippen molar-refractivity contribution in [2.24, 2.45) is 0 Å².